The average molecular weight is 510 g/mol. The number of para-hydroxylation sites is 1. The first-order chi connectivity index (χ1) is 13.2. The number of nitrogens with zero attached hydrogens (tertiary/aromatic N) is 4. The molecule has 0 bridgehead atoms. The minimum Gasteiger partial charge on any atom is -0.357 e. The summed E-state index contributed by atoms with van der Waals surface area (Å²) in [6.45, 7) is 8.48. The van der Waals surface area contributed by atoms with E-state index in [-0.39, 0.29) is 24.0 Å². The largest absolute Gasteiger partial charge is 0.357 e. The fourth-order valence-electron chi connectivity index (χ4n) is 2.74. The van der Waals surface area contributed by atoms with E-state index in [9.17, 15) is 0 Å². The quantitative estimate of drug-likeness (QED) is 0.288. The Morgan fingerprint density at radius 3 is 2.71 bits per heavy atom. The van der Waals surface area contributed by atoms with Crippen LogP contribution in [0.2, 0.25) is 0 Å². The van der Waals surface area contributed by atoms with Crippen molar-refractivity contribution in [2.45, 2.75) is 33.7 Å². The molecule has 2 N–H and O–H groups in total. The van der Waals surface area contributed by atoms with Gasteiger partial charge in [-0.2, -0.15) is 0 Å². The molecule has 0 amide bonds. The molecule has 28 heavy (non-hydrogen) atoms. The van der Waals surface area contributed by atoms with Gasteiger partial charge in [-0.15, -0.1) is 35.3 Å². The van der Waals surface area contributed by atoms with Crippen molar-refractivity contribution in [3.63, 3.8) is 0 Å². The van der Waals surface area contributed by atoms with Crippen LogP contribution in [0.4, 0.5) is 0 Å². The molecule has 2 heterocycles. The van der Waals surface area contributed by atoms with E-state index in [2.05, 4.69) is 53.5 Å². The lowest BCUT2D eigenvalue weighted by atomic mass is 10.2. The molecule has 2 aromatic heterocycles. The van der Waals surface area contributed by atoms with Crippen molar-refractivity contribution in [3.8, 4) is 5.69 Å². The number of guanidine groups is 1. The average Bonchev–Trinajstić information content (AvgIpc) is 3.30. The zero-order chi connectivity index (χ0) is 19.1. The molecule has 6 nitrogen and oxygen atoms in total. The minimum atomic E-state index is 0. The Labute approximate surface area is 187 Å². The summed E-state index contributed by atoms with van der Waals surface area (Å²) in [4.78, 5) is 14.8. The van der Waals surface area contributed by atoms with Gasteiger partial charge in [-0.25, -0.2) is 15.0 Å². The summed E-state index contributed by atoms with van der Waals surface area (Å²) < 4.78 is 2.01. The Kier molecular flexibility index (Phi) is 8.91. The molecule has 0 aliphatic rings. The van der Waals surface area contributed by atoms with Gasteiger partial charge in [-0.05, 0) is 32.4 Å². The third kappa shape index (κ3) is 6.03. The summed E-state index contributed by atoms with van der Waals surface area (Å²) in [5.41, 5.74) is 3.38. The molecule has 0 saturated heterocycles. The summed E-state index contributed by atoms with van der Waals surface area (Å²) >= 11 is 1.77. The first-order valence-electron chi connectivity index (χ1n) is 9.18. The summed E-state index contributed by atoms with van der Waals surface area (Å²) in [6.07, 6.45) is 6.44. The normalized spacial score (nSPS) is 11.2. The Balaban J connectivity index is 0.00000280. The molecular formula is C20H27IN6S. The number of rotatable bonds is 7. The predicted octanol–water partition coefficient (Wildman–Crippen LogP) is 3.86. The van der Waals surface area contributed by atoms with Crippen LogP contribution >= 0.6 is 35.3 Å². The maximum Gasteiger partial charge on any atom is 0.191 e. The van der Waals surface area contributed by atoms with E-state index in [1.807, 2.05) is 29.2 Å². The monoisotopic (exact) mass is 510 g/mol. The number of aliphatic imine (C=N–C) groups is 1. The van der Waals surface area contributed by atoms with Gasteiger partial charge >= 0.3 is 0 Å². The van der Waals surface area contributed by atoms with Crippen LogP contribution in [0.3, 0.4) is 0 Å². The van der Waals surface area contributed by atoms with Gasteiger partial charge in [0.2, 0.25) is 0 Å². The first kappa shape index (κ1) is 22.4. The molecule has 1 aromatic carbocycles. The molecule has 150 valence electrons. The van der Waals surface area contributed by atoms with E-state index in [1.54, 1.807) is 17.5 Å². The maximum absolute atomic E-state index is 4.75. The Morgan fingerprint density at radius 1 is 1.21 bits per heavy atom. The van der Waals surface area contributed by atoms with Gasteiger partial charge in [0.05, 0.1) is 29.3 Å². The first-order valence-corrected chi connectivity index (χ1v) is 10.0. The second-order valence-electron chi connectivity index (χ2n) is 6.22. The van der Waals surface area contributed by atoms with Crippen molar-refractivity contribution in [2.24, 2.45) is 4.99 Å². The highest BCUT2D eigenvalue weighted by molar-refractivity contribution is 14.0. The highest BCUT2D eigenvalue weighted by atomic mass is 127. The van der Waals surface area contributed by atoms with Crippen LogP contribution < -0.4 is 10.6 Å². The third-order valence-electron chi connectivity index (χ3n) is 4.23. The van der Waals surface area contributed by atoms with Crippen LogP contribution in [0.25, 0.3) is 5.69 Å². The molecule has 0 spiro atoms. The van der Waals surface area contributed by atoms with Crippen LogP contribution in [0.1, 0.15) is 28.1 Å². The van der Waals surface area contributed by atoms with Crippen LogP contribution in [0.15, 0.2) is 48.0 Å². The molecule has 0 radical (unpaired) electrons. The smallest absolute Gasteiger partial charge is 0.191 e. The van der Waals surface area contributed by atoms with Crippen molar-refractivity contribution in [1.29, 1.82) is 0 Å². The Hall–Kier alpha value is -1.94. The summed E-state index contributed by atoms with van der Waals surface area (Å²) in [7, 11) is 0. The van der Waals surface area contributed by atoms with Gasteiger partial charge in [0.25, 0.3) is 0 Å². The van der Waals surface area contributed by atoms with Crippen LogP contribution in [0.5, 0.6) is 0 Å². The van der Waals surface area contributed by atoms with Gasteiger partial charge in [-0.3, -0.25) is 0 Å². The van der Waals surface area contributed by atoms with Crippen LogP contribution in [-0.2, 0) is 13.0 Å². The van der Waals surface area contributed by atoms with Crippen molar-refractivity contribution >= 4 is 41.3 Å². The predicted molar refractivity (Wildman–Crippen MR) is 127 cm³/mol. The van der Waals surface area contributed by atoms with Crippen molar-refractivity contribution in [1.82, 2.24) is 25.2 Å². The number of hydrogen-bond acceptors (Lipinski definition) is 4. The highest BCUT2D eigenvalue weighted by Gasteiger charge is 2.06. The molecule has 0 atom stereocenters. The zero-order valence-corrected chi connectivity index (χ0v) is 19.6. The van der Waals surface area contributed by atoms with E-state index in [0.717, 1.165) is 42.4 Å². The topological polar surface area (TPSA) is 67.1 Å². The lowest BCUT2D eigenvalue weighted by Gasteiger charge is -2.12. The number of hydrogen-bond donors (Lipinski definition) is 2. The number of benzene rings is 1. The van der Waals surface area contributed by atoms with E-state index < -0.39 is 0 Å². The Bertz CT molecular complexity index is 869. The number of halogens is 1. The molecule has 0 unspecified atom stereocenters. The SMILES string of the molecule is CCNC(=NCc1ccccc1-n1ccnc1)NCCc1nc(C)c(C)s1.I. The lowest BCUT2D eigenvalue weighted by molar-refractivity contribution is 0.794. The van der Waals surface area contributed by atoms with Gasteiger partial charge in [-0.1, -0.05) is 18.2 Å². The third-order valence-corrected chi connectivity index (χ3v) is 5.36. The van der Waals surface area contributed by atoms with E-state index in [1.165, 1.54) is 9.88 Å². The molecule has 8 heteroatoms. The Morgan fingerprint density at radius 2 is 2.04 bits per heavy atom. The van der Waals surface area contributed by atoms with E-state index in [0.29, 0.717) is 6.54 Å². The fraction of sp³-hybridized carbons (Fsp3) is 0.350. The second-order valence-corrected chi connectivity index (χ2v) is 7.51. The number of aryl methyl sites for hydroxylation is 2. The number of thiazole rings is 1. The maximum atomic E-state index is 4.75. The van der Waals surface area contributed by atoms with Crippen LogP contribution in [0, 0.1) is 13.8 Å². The lowest BCUT2D eigenvalue weighted by Crippen LogP contribution is -2.38. The summed E-state index contributed by atoms with van der Waals surface area (Å²) in [6, 6.07) is 8.26. The molecule has 0 aliphatic heterocycles. The molecule has 0 fully saturated rings. The van der Waals surface area contributed by atoms with Gasteiger partial charge < -0.3 is 15.2 Å². The van der Waals surface area contributed by atoms with E-state index >= 15 is 0 Å². The van der Waals surface area contributed by atoms with Crippen molar-refractivity contribution in [2.75, 3.05) is 13.1 Å². The number of imidazole rings is 1. The van der Waals surface area contributed by atoms with Gasteiger partial charge in [0.1, 0.15) is 0 Å². The summed E-state index contributed by atoms with van der Waals surface area (Å²) in [5, 5.41) is 7.89. The number of aromatic nitrogens is 3. The second kappa shape index (κ2) is 11.2. The van der Waals surface area contributed by atoms with E-state index in [4.69, 9.17) is 4.99 Å². The zero-order valence-electron chi connectivity index (χ0n) is 16.5. The number of nitrogens with one attached hydrogen (secondary N) is 2. The molecule has 3 rings (SSSR count). The molecule has 3 aromatic rings. The van der Waals surface area contributed by atoms with Gasteiger partial charge in [0.15, 0.2) is 5.96 Å². The van der Waals surface area contributed by atoms with Crippen molar-refractivity contribution in [3.05, 3.63) is 64.1 Å². The molecular weight excluding hydrogens is 483 g/mol. The summed E-state index contributed by atoms with van der Waals surface area (Å²) in [5.74, 6) is 0.822. The highest BCUT2D eigenvalue weighted by Crippen LogP contribution is 2.17. The molecule has 0 aliphatic carbocycles. The standard InChI is InChI=1S/C20H26N6S.HI/c1-4-22-20(23-10-9-19-25-15(2)16(3)27-19)24-13-17-7-5-6-8-18(17)26-12-11-21-14-26;/h5-8,11-12,14H,4,9-10,13H2,1-3H3,(H2,22,23,24);1H. The van der Waals surface area contributed by atoms with Gasteiger partial charge in [0, 0.05) is 36.8 Å². The fourth-order valence-corrected chi connectivity index (χ4v) is 3.67. The molecule has 0 saturated carbocycles. The van der Waals surface area contributed by atoms with Crippen molar-refractivity contribution < 1.29 is 0 Å². The minimum absolute atomic E-state index is 0. The van der Waals surface area contributed by atoms with Crippen LogP contribution in [-0.4, -0.2) is 33.6 Å².